The summed E-state index contributed by atoms with van der Waals surface area (Å²) in [6.07, 6.45) is 0. The van der Waals surface area contributed by atoms with Crippen molar-refractivity contribution in [3.05, 3.63) is 35.4 Å². The van der Waals surface area contributed by atoms with Gasteiger partial charge in [-0.1, -0.05) is 12.1 Å². The average molecular weight is 251 g/mol. The van der Waals surface area contributed by atoms with Crippen LogP contribution in [0, 0.1) is 0 Å². The zero-order valence-corrected chi connectivity index (χ0v) is 9.55. The Morgan fingerprint density at radius 3 is 2.06 bits per heavy atom. The summed E-state index contributed by atoms with van der Waals surface area (Å²) in [5.74, 6) is -2.51. The number of amides is 2. The number of benzene rings is 1. The lowest BCUT2D eigenvalue weighted by molar-refractivity contribution is -0.140. The van der Waals surface area contributed by atoms with Crippen LogP contribution in [0.1, 0.15) is 20.7 Å². The van der Waals surface area contributed by atoms with Gasteiger partial charge in [0.2, 0.25) is 0 Å². The second-order valence-corrected chi connectivity index (χ2v) is 3.93. The maximum atomic E-state index is 11.9. The van der Waals surface area contributed by atoms with Crippen LogP contribution in [0.5, 0.6) is 0 Å². The normalized spacial score (nSPS) is 15.9. The molecule has 0 aromatic heterocycles. The lowest BCUT2D eigenvalue weighted by Crippen LogP contribution is -2.46. The number of carboxylic acids is 1. The molecule has 1 aliphatic rings. The summed E-state index contributed by atoms with van der Waals surface area (Å²) in [4.78, 5) is 35.6. The zero-order chi connectivity index (χ0) is 12.6. The molecule has 1 aromatic carbocycles. The number of rotatable bonds is 3. The predicted molar refractivity (Wildman–Crippen MR) is 62.2 cm³/mol. The van der Waals surface area contributed by atoms with Crippen LogP contribution in [-0.4, -0.2) is 39.6 Å². The topological polar surface area (TPSA) is 74.7 Å². The van der Waals surface area contributed by atoms with Crippen molar-refractivity contribution in [2.75, 3.05) is 5.75 Å². The first kappa shape index (κ1) is 11.7. The Bertz CT molecular complexity index is 479. The number of carbonyl (C=O) groups is 3. The second-order valence-electron chi connectivity index (χ2n) is 3.56. The van der Waals surface area contributed by atoms with Crippen LogP contribution in [0.3, 0.4) is 0 Å². The summed E-state index contributed by atoms with van der Waals surface area (Å²) in [6, 6.07) is 5.04. The highest BCUT2D eigenvalue weighted by Gasteiger charge is 2.41. The van der Waals surface area contributed by atoms with Gasteiger partial charge in [0, 0.05) is 5.75 Å². The highest BCUT2D eigenvalue weighted by molar-refractivity contribution is 7.80. The van der Waals surface area contributed by atoms with E-state index in [9.17, 15) is 14.4 Å². The van der Waals surface area contributed by atoms with Gasteiger partial charge in [0.15, 0.2) is 0 Å². The fraction of sp³-hybridized carbons (Fsp3) is 0.182. The highest BCUT2D eigenvalue weighted by atomic mass is 32.1. The third kappa shape index (κ3) is 1.70. The van der Waals surface area contributed by atoms with Crippen molar-refractivity contribution in [1.29, 1.82) is 0 Å². The van der Waals surface area contributed by atoms with Crippen LogP contribution >= 0.6 is 12.6 Å². The van der Waals surface area contributed by atoms with Gasteiger partial charge in [-0.3, -0.25) is 14.5 Å². The Kier molecular flexibility index (Phi) is 2.89. The van der Waals surface area contributed by atoms with Gasteiger partial charge in [0.1, 0.15) is 6.04 Å². The minimum absolute atomic E-state index is 0.110. The minimum Gasteiger partial charge on any atom is -0.480 e. The molecule has 6 heteroatoms. The third-order valence-electron chi connectivity index (χ3n) is 2.60. The largest absolute Gasteiger partial charge is 0.480 e. The summed E-state index contributed by atoms with van der Waals surface area (Å²) in [6.45, 7) is 0. The van der Waals surface area contributed by atoms with Gasteiger partial charge >= 0.3 is 5.97 Å². The SMILES string of the molecule is O=C(O)[C@H](CS)N1C(=O)c2ccccc2C1=O. The fourth-order valence-corrected chi connectivity index (χ4v) is 2.08. The number of fused-ring (bicyclic) bond motifs is 1. The fourth-order valence-electron chi connectivity index (χ4n) is 1.76. The molecule has 1 heterocycles. The molecule has 1 N–H and O–H groups in total. The number of hydrogen-bond acceptors (Lipinski definition) is 4. The number of aliphatic carboxylic acids is 1. The molecule has 0 spiro atoms. The number of carboxylic acid groups (broad SMARTS) is 1. The first-order valence-electron chi connectivity index (χ1n) is 4.88. The maximum absolute atomic E-state index is 11.9. The monoisotopic (exact) mass is 251 g/mol. The Morgan fingerprint density at radius 2 is 1.71 bits per heavy atom. The van der Waals surface area contributed by atoms with Crippen LogP contribution in [-0.2, 0) is 4.79 Å². The van der Waals surface area contributed by atoms with Crippen LogP contribution in [0.2, 0.25) is 0 Å². The minimum atomic E-state index is -1.24. The molecule has 2 amide bonds. The molecule has 2 rings (SSSR count). The van der Waals surface area contributed by atoms with E-state index in [0.29, 0.717) is 0 Å². The number of carbonyl (C=O) groups excluding carboxylic acids is 2. The van der Waals surface area contributed by atoms with Crippen molar-refractivity contribution in [3.8, 4) is 0 Å². The van der Waals surface area contributed by atoms with Gasteiger partial charge < -0.3 is 5.11 Å². The van der Waals surface area contributed by atoms with E-state index < -0.39 is 23.8 Å². The summed E-state index contributed by atoms with van der Waals surface area (Å²) in [5.41, 5.74) is 0.482. The number of nitrogens with zero attached hydrogens (tertiary/aromatic N) is 1. The quantitative estimate of drug-likeness (QED) is 0.611. The zero-order valence-electron chi connectivity index (χ0n) is 8.66. The first-order valence-corrected chi connectivity index (χ1v) is 5.51. The van der Waals surface area contributed by atoms with E-state index in [0.717, 1.165) is 4.90 Å². The van der Waals surface area contributed by atoms with E-state index in [1.165, 1.54) is 12.1 Å². The lowest BCUT2D eigenvalue weighted by atomic mass is 10.1. The van der Waals surface area contributed by atoms with E-state index in [1.807, 2.05) is 0 Å². The number of thiol groups is 1. The Balaban J connectivity index is 2.46. The third-order valence-corrected chi connectivity index (χ3v) is 2.94. The second kappa shape index (κ2) is 4.21. The van der Waals surface area contributed by atoms with Crippen molar-refractivity contribution >= 4 is 30.4 Å². The highest BCUT2D eigenvalue weighted by Crippen LogP contribution is 2.24. The summed E-state index contributed by atoms with van der Waals surface area (Å²) < 4.78 is 0. The first-order chi connectivity index (χ1) is 8.07. The Hall–Kier alpha value is -1.82. The van der Waals surface area contributed by atoms with Gasteiger partial charge in [-0.2, -0.15) is 12.6 Å². The summed E-state index contributed by atoms with van der Waals surface area (Å²) >= 11 is 3.86. The van der Waals surface area contributed by atoms with E-state index in [-0.39, 0.29) is 16.9 Å². The molecule has 1 atom stereocenters. The lowest BCUT2D eigenvalue weighted by Gasteiger charge is -2.20. The smallest absolute Gasteiger partial charge is 0.327 e. The van der Waals surface area contributed by atoms with E-state index in [4.69, 9.17) is 5.11 Å². The number of imide groups is 1. The molecule has 1 aliphatic heterocycles. The molecule has 0 radical (unpaired) electrons. The predicted octanol–water partition coefficient (Wildman–Crippen LogP) is 0.666. The molecular formula is C11H9NO4S. The Labute approximate surface area is 102 Å². The van der Waals surface area contributed by atoms with E-state index in [2.05, 4.69) is 12.6 Å². The van der Waals surface area contributed by atoms with Crippen molar-refractivity contribution in [2.24, 2.45) is 0 Å². The molecule has 0 saturated heterocycles. The molecule has 0 fully saturated rings. The van der Waals surface area contributed by atoms with Crippen molar-refractivity contribution in [1.82, 2.24) is 4.90 Å². The molecule has 88 valence electrons. The van der Waals surface area contributed by atoms with Crippen molar-refractivity contribution < 1.29 is 19.5 Å². The van der Waals surface area contributed by atoms with E-state index >= 15 is 0 Å². The molecule has 0 unspecified atom stereocenters. The van der Waals surface area contributed by atoms with Crippen LogP contribution in [0.4, 0.5) is 0 Å². The van der Waals surface area contributed by atoms with Crippen molar-refractivity contribution in [3.63, 3.8) is 0 Å². The summed E-state index contributed by atoms with van der Waals surface area (Å²) in [5, 5.41) is 8.95. The molecule has 1 aromatic rings. The molecule has 0 aliphatic carbocycles. The molecular weight excluding hydrogens is 242 g/mol. The van der Waals surface area contributed by atoms with Crippen LogP contribution < -0.4 is 0 Å². The van der Waals surface area contributed by atoms with Gasteiger partial charge in [0.25, 0.3) is 11.8 Å². The van der Waals surface area contributed by atoms with Crippen LogP contribution in [0.15, 0.2) is 24.3 Å². The van der Waals surface area contributed by atoms with Crippen molar-refractivity contribution in [2.45, 2.75) is 6.04 Å². The summed E-state index contributed by atoms with van der Waals surface area (Å²) in [7, 11) is 0. The van der Waals surface area contributed by atoms with E-state index in [1.54, 1.807) is 12.1 Å². The molecule has 0 bridgehead atoms. The molecule has 0 saturated carbocycles. The van der Waals surface area contributed by atoms with Gasteiger partial charge in [-0.25, -0.2) is 4.79 Å². The Morgan fingerprint density at radius 1 is 1.24 bits per heavy atom. The standard InChI is InChI=1S/C11H9NO4S/c13-9-6-3-1-2-4-7(6)10(14)12(9)8(5-17)11(15)16/h1-4,8,17H,5H2,(H,15,16)/t8-/m0/s1. The van der Waals surface area contributed by atoms with Gasteiger partial charge in [-0.05, 0) is 12.1 Å². The maximum Gasteiger partial charge on any atom is 0.327 e. The number of hydrogen-bond donors (Lipinski definition) is 2. The van der Waals surface area contributed by atoms with Crippen LogP contribution in [0.25, 0.3) is 0 Å². The molecule has 17 heavy (non-hydrogen) atoms. The van der Waals surface area contributed by atoms with Gasteiger partial charge in [-0.15, -0.1) is 0 Å². The molecule has 5 nitrogen and oxygen atoms in total. The average Bonchev–Trinajstić information content (AvgIpc) is 2.56. The van der Waals surface area contributed by atoms with Gasteiger partial charge in [0.05, 0.1) is 11.1 Å².